The first-order chi connectivity index (χ1) is 4.31. The lowest BCUT2D eigenvalue weighted by Gasteiger charge is -2.09. The average molecular weight is 133 g/mol. The molecule has 0 bridgehead atoms. The molecule has 0 saturated heterocycles. The number of aliphatic hydroxyl groups excluding tert-OH is 2. The van der Waals surface area contributed by atoms with Gasteiger partial charge in [0.1, 0.15) is 0 Å². The Morgan fingerprint density at radius 1 is 1.33 bits per heavy atom. The predicted molar refractivity (Wildman–Crippen MR) is 36.3 cm³/mol. The van der Waals surface area contributed by atoms with Crippen LogP contribution in [0.2, 0.25) is 0 Å². The van der Waals surface area contributed by atoms with Crippen molar-refractivity contribution in [2.75, 3.05) is 19.8 Å². The summed E-state index contributed by atoms with van der Waals surface area (Å²) in [5.41, 5.74) is 0. The Bertz CT molecular complexity index is 59.0. The van der Waals surface area contributed by atoms with Gasteiger partial charge in [0.25, 0.3) is 0 Å². The van der Waals surface area contributed by atoms with Gasteiger partial charge in [-0.25, -0.2) is 0 Å². The number of hydrogen-bond acceptors (Lipinski definition) is 3. The molecule has 9 heavy (non-hydrogen) atoms. The maximum Gasteiger partial charge on any atom is 0.0556 e. The van der Waals surface area contributed by atoms with Crippen molar-refractivity contribution in [2.24, 2.45) is 0 Å². The second-order valence-corrected chi connectivity index (χ2v) is 2.09. The molecule has 0 spiro atoms. The minimum atomic E-state index is 0.162. The van der Waals surface area contributed by atoms with Gasteiger partial charge in [-0.3, -0.25) is 0 Å². The SMILES string of the molecule is CC(CCO)NCCO. The summed E-state index contributed by atoms with van der Waals surface area (Å²) in [5, 5.41) is 19.8. The van der Waals surface area contributed by atoms with E-state index in [4.69, 9.17) is 10.2 Å². The molecule has 0 aliphatic heterocycles. The van der Waals surface area contributed by atoms with E-state index in [9.17, 15) is 0 Å². The van der Waals surface area contributed by atoms with E-state index in [-0.39, 0.29) is 13.2 Å². The quantitative estimate of drug-likeness (QED) is 0.466. The van der Waals surface area contributed by atoms with Gasteiger partial charge in [0.05, 0.1) is 6.61 Å². The lowest BCUT2D eigenvalue weighted by Crippen LogP contribution is -2.29. The largest absolute Gasteiger partial charge is 0.396 e. The topological polar surface area (TPSA) is 52.5 Å². The summed E-state index contributed by atoms with van der Waals surface area (Å²) >= 11 is 0. The monoisotopic (exact) mass is 133 g/mol. The lowest BCUT2D eigenvalue weighted by atomic mass is 10.2. The number of hydrogen-bond donors (Lipinski definition) is 3. The third-order valence-corrected chi connectivity index (χ3v) is 1.17. The summed E-state index contributed by atoms with van der Waals surface area (Å²) in [6.45, 7) is 2.96. The van der Waals surface area contributed by atoms with Gasteiger partial charge in [0.15, 0.2) is 0 Å². The zero-order valence-electron chi connectivity index (χ0n) is 5.80. The molecule has 0 radical (unpaired) electrons. The molecule has 0 aromatic rings. The molecule has 0 aliphatic carbocycles. The second kappa shape index (κ2) is 6.01. The van der Waals surface area contributed by atoms with Crippen molar-refractivity contribution in [1.82, 2.24) is 5.32 Å². The van der Waals surface area contributed by atoms with Crippen LogP contribution in [-0.4, -0.2) is 36.0 Å². The molecule has 0 heterocycles. The summed E-state index contributed by atoms with van der Waals surface area (Å²) < 4.78 is 0. The zero-order valence-corrected chi connectivity index (χ0v) is 5.80. The molecule has 3 heteroatoms. The van der Waals surface area contributed by atoms with Crippen LogP contribution in [0.4, 0.5) is 0 Å². The van der Waals surface area contributed by atoms with Gasteiger partial charge in [0.2, 0.25) is 0 Å². The normalized spacial score (nSPS) is 13.7. The molecule has 3 N–H and O–H groups in total. The van der Waals surface area contributed by atoms with Crippen molar-refractivity contribution >= 4 is 0 Å². The van der Waals surface area contributed by atoms with Gasteiger partial charge in [-0.15, -0.1) is 0 Å². The van der Waals surface area contributed by atoms with Crippen LogP contribution in [0.15, 0.2) is 0 Å². The molecular weight excluding hydrogens is 118 g/mol. The number of rotatable bonds is 5. The molecule has 0 fully saturated rings. The molecule has 0 aromatic heterocycles. The van der Waals surface area contributed by atoms with Gasteiger partial charge >= 0.3 is 0 Å². The van der Waals surface area contributed by atoms with E-state index in [1.54, 1.807) is 0 Å². The van der Waals surface area contributed by atoms with Gasteiger partial charge in [-0.05, 0) is 13.3 Å². The Balaban J connectivity index is 2.95. The first-order valence-electron chi connectivity index (χ1n) is 3.26. The second-order valence-electron chi connectivity index (χ2n) is 2.09. The third-order valence-electron chi connectivity index (χ3n) is 1.17. The fourth-order valence-corrected chi connectivity index (χ4v) is 0.607. The first-order valence-corrected chi connectivity index (χ1v) is 3.26. The van der Waals surface area contributed by atoms with Crippen LogP contribution in [-0.2, 0) is 0 Å². The van der Waals surface area contributed by atoms with E-state index < -0.39 is 0 Å². The van der Waals surface area contributed by atoms with Gasteiger partial charge in [-0.1, -0.05) is 0 Å². The molecule has 0 aromatic carbocycles. The maximum absolute atomic E-state index is 8.43. The molecule has 1 atom stereocenters. The van der Waals surface area contributed by atoms with Crippen LogP contribution in [0.5, 0.6) is 0 Å². The molecule has 0 rings (SSSR count). The summed E-state index contributed by atoms with van der Waals surface area (Å²) in [5.74, 6) is 0. The van der Waals surface area contributed by atoms with Crippen molar-refractivity contribution in [3.63, 3.8) is 0 Å². The summed E-state index contributed by atoms with van der Waals surface area (Å²) in [6, 6.07) is 0.308. The van der Waals surface area contributed by atoms with Crippen LogP contribution >= 0.6 is 0 Å². The Hall–Kier alpha value is -0.120. The third kappa shape index (κ3) is 5.76. The predicted octanol–water partition coefficient (Wildman–Crippen LogP) is -0.661. The standard InChI is InChI=1S/C6H15NO2/c1-6(2-4-8)7-3-5-9/h6-9H,2-5H2,1H3. The fourth-order valence-electron chi connectivity index (χ4n) is 0.607. The van der Waals surface area contributed by atoms with Crippen LogP contribution < -0.4 is 5.32 Å². The smallest absolute Gasteiger partial charge is 0.0556 e. The maximum atomic E-state index is 8.43. The Labute approximate surface area is 55.7 Å². The Morgan fingerprint density at radius 2 is 2.00 bits per heavy atom. The van der Waals surface area contributed by atoms with E-state index in [0.29, 0.717) is 12.6 Å². The van der Waals surface area contributed by atoms with Crippen LogP contribution in [0.1, 0.15) is 13.3 Å². The molecule has 0 amide bonds. The highest BCUT2D eigenvalue weighted by Crippen LogP contribution is 1.85. The van der Waals surface area contributed by atoms with E-state index in [2.05, 4.69) is 5.32 Å². The molecular formula is C6H15NO2. The fraction of sp³-hybridized carbons (Fsp3) is 1.00. The van der Waals surface area contributed by atoms with E-state index in [1.807, 2.05) is 6.92 Å². The van der Waals surface area contributed by atoms with Crippen LogP contribution in [0.3, 0.4) is 0 Å². The molecule has 56 valence electrons. The zero-order chi connectivity index (χ0) is 7.11. The average Bonchev–Trinajstić information content (AvgIpc) is 1.85. The highest BCUT2D eigenvalue weighted by molar-refractivity contribution is 4.57. The summed E-state index contributed by atoms with van der Waals surface area (Å²) in [6.07, 6.45) is 0.750. The van der Waals surface area contributed by atoms with E-state index in [1.165, 1.54) is 0 Å². The van der Waals surface area contributed by atoms with Crippen LogP contribution in [0.25, 0.3) is 0 Å². The Kier molecular flexibility index (Phi) is 5.93. The van der Waals surface area contributed by atoms with Crippen molar-refractivity contribution in [3.05, 3.63) is 0 Å². The van der Waals surface area contributed by atoms with Crippen molar-refractivity contribution in [2.45, 2.75) is 19.4 Å². The lowest BCUT2D eigenvalue weighted by molar-refractivity contribution is 0.253. The molecule has 0 aliphatic rings. The Morgan fingerprint density at radius 3 is 2.44 bits per heavy atom. The van der Waals surface area contributed by atoms with Crippen molar-refractivity contribution < 1.29 is 10.2 Å². The number of nitrogens with one attached hydrogen (secondary N) is 1. The highest BCUT2D eigenvalue weighted by atomic mass is 16.3. The number of aliphatic hydroxyl groups is 2. The van der Waals surface area contributed by atoms with Crippen molar-refractivity contribution in [3.8, 4) is 0 Å². The minimum Gasteiger partial charge on any atom is -0.396 e. The first kappa shape index (κ1) is 8.88. The van der Waals surface area contributed by atoms with E-state index >= 15 is 0 Å². The van der Waals surface area contributed by atoms with Crippen molar-refractivity contribution in [1.29, 1.82) is 0 Å². The minimum absolute atomic E-state index is 0.162. The highest BCUT2D eigenvalue weighted by Gasteiger charge is 1.96. The van der Waals surface area contributed by atoms with Gasteiger partial charge < -0.3 is 15.5 Å². The van der Waals surface area contributed by atoms with Gasteiger partial charge in [0, 0.05) is 19.2 Å². The van der Waals surface area contributed by atoms with Gasteiger partial charge in [-0.2, -0.15) is 0 Å². The molecule has 3 nitrogen and oxygen atoms in total. The summed E-state index contributed by atoms with van der Waals surface area (Å²) in [4.78, 5) is 0. The van der Waals surface area contributed by atoms with E-state index in [0.717, 1.165) is 6.42 Å². The van der Waals surface area contributed by atoms with Crippen LogP contribution in [0, 0.1) is 0 Å². The summed E-state index contributed by atoms with van der Waals surface area (Å²) in [7, 11) is 0. The molecule has 0 saturated carbocycles. The molecule has 1 unspecified atom stereocenters.